The summed E-state index contributed by atoms with van der Waals surface area (Å²) >= 11 is 0. The minimum Gasteiger partial charge on any atom is -0.497 e. The number of ether oxygens (including phenoxy) is 2. The highest BCUT2D eigenvalue weighted by Gasteiger charge is 2.44. The number of amides is 1. The molecule has 6 nitrogen and oxygen atoms in total. The highest BCUT2D eigenvalue weighted by atomic mass is 16.5. The Morgan fingerprint density at radius 2 is 1.85 bits per heavy atom. The number of carbonyl (C=O) groups excluding carboxylic acids is 1. The van der Waals surface area contributed by atoms with Gasteiger partial charge in [0.05, 0.1) is 25.5 Å². The molecule has 0 bridgehead atoms. The van der Waals surface area contributed by atoms with Gasteiger partial charge in [-0.25, -0.2) is 4.98 Å². The van der Waals surface area contributed by atoms with E-state index in [0.29, 0.717) is 12.4 Å². The van der Waals surface area contributed by atoms with Crippen molar-refractivity contribution >= 4 is 17.4 Å². The molecular weight excluding hydrogens is 414 g/mol. The Hall–Kier alpha value is -3.67. The average Bonchev–Trinajstić information content (AvgIpc) is 3.51. The number of nitrogens with zero attached hydrogens (tertiary/aromatic N) is 2. The maximum atomic E-state index is 12.8. The van der Waals surface area contributed by atoms with Gasteiger partial charge in [-0.2, -0.15) is 0 Å². The number of carbonyl (C=O) groups is 1. The summed E-state index contributed by atoms with van der Waals surface area (Å²) in [5, 5.41) is 3.00. The summed E-state index contributed by atoms with van der Waals surface area (Å²) in [6.45, 7) is 4.67. The predicted molar refractivity (Wildman–Crippen MR) is 128 cm³/mol. The second-order valence-corrected chi connectivity index (χ2v) is 8.79. The fraction of sp³-hybridized carbons (Fsp3) is 0.296. The lowest BCUT2D eigenvalue weighted by atomic mass is 10.0. The molecule has 1 amide bonds. The molecule has 6 heteroatoms. The van der Waals surface area contributed by atoms with Crippen LogP contribution in [0.5, 0.6) is 11.5 Å². The van der Waals surface area contributed by atoms with E-state index < -0.39 is 0 Å². The van der Waals surface area contributed by atoms with Gasteiger partial charge in [-0.05, 0) is 73.7 Å². The summed E-state index contributed by atoms with van der Waals surface area (Å²) in [6, 6.07) is 17.9. The molecule has 1 saturated carbocycles. The second kappa shape index (κ2) is 8.70. The Morgan fingerprint density at radius 1 is 1.06 bits per heavy atom. The molecule has 2 heterocycles. The highest BCUT2D eigenvalue weighted by Crippen LogP contribution is 2.48. The van der Waals surface area contributed by atoms with Crippen molar-refractivity contribution in [2.24, 2.45) is 10.9 Å². The number of anilines is 1. The Bertz CT molecular complexity index is 1220. The number of hydrogen-bond acceptors (Lipinski definition) is 5. The molecule has 0 saturated heterocycles. The highest BCUT2D eigenvalue weighted by molar-refractivity contribution is 6.15. The summed E-state index contributed by atoms with van der Waals surface area (Å²) in [7, 11) is 1.65. The zero-order chi connectivity index (χ0) is 22.9. The maximum Gasteiger partial charge on any atom is 0.229 e. The van der Waals surface area contributed by atoms with Crippen molar-refractivity contribution in [2.45, 2.75) is 38.8 Å². The van der Waals surface area contributed by atoms with E-state index in [-0.39, 0.29) is 23.8 Å². The first-order valence-corrected chi connectivity index (χ1v) is 11.3. The number of benzene rings is 2. The van der Waals surface area contributed by atoms with Gasteiger partial charge < -0.3 is 14.8 Å². The van der Waals surface area contributed by atoms with Crippen LogP contribution in [0.1, 0.15) is 48.4 Å². The largest absolute Gasteiger partial charge is 0.497 e. The molecule has 33 heavy (non-hydrogen) atoms. The average molecular weight is 442 g/mol. The Kier molecular flexibility index (Phi) is 5.58. The van der Waals surface area contributed by atoms with Crippen LogP contribution in [-0.4, -0.2) is 29.8 Å². The van der Waals surface area contributed by atoms with E-state index in [9.17, 15) is 4.79 Å². The van der Waals surface area contributed by atoms with Gasteiger partial charge in [-0.3, -0.25) is 9.79 Å². The van der Waals surface area contributed by atoms with Crippen molar-refractivity contribution < 1.29 is 14.3 Å². The van der Waals surface area contributed by atoms with E-state index in [1.807, 2.05) is 62.4 Å². The number of nitrogens with one attached hydrogen (secondary N) is 1. The topological polar surface area (TPSA) is 72.8 Å². The van der Waals surface area contributed by atoms with Crippen LogP contribution in [-0.2, 0) is 11.3 Å². The van der Waals surface area contributed by atoms with Gasteiger partial charge in [0.2, 0.25) is 5.91 Å². The molecule has 2 aliphatic rings. The van der Waals surface area contributed by atoms with Crippen LogP contribution < -0.4 is 14.8 Å². The molecule has 2 atom stereocenters. The molecule has 1 aliphatic heterocycles. The first-order chi connectivity index (χ1) is 16.0. The Balaban J connectivity index is 1.29. The monoisotopic (exact) mass is 441 g/mol. The molecule has 2 aromatic carbocycles. The Morgan fingerprint density at radius 3 is 2.61 bits per heavy atom. The van der Waals surface area contributed by atoms with Crippen LogP contribution in [0.2, 0.25) is 0 Å². The van der Waals surface area contributed by atoms with Crippen LogP contribution >= 0.6 is 0 Å². The van der Waals surface area contributed by atoms with Gasteiger partial charge in [-0.15, -0.1) is 0 Å². The van der Waals surface area contributed by atoms with E-state index in [1.54, 1.807) is 13.3 Å². The molecule has 0 radical (unpaired) electrons. The maximum absolute atomic E-state index is 12.8. The molecular formula is C27H27N3O3. The van der Waals surface area contributed by atoms with Crippen molar-refractivity contribution in [3.05, 3.63) is 83.0 Å². The normalized spacial score (nSPS) is 18.5. The molecule has 168 valence electrons. The van der Waals surface area contributed by atoms with Crippen LogP contribution in [0, 0.1) is 5.92 Å². The molecule has 1 aliphatic carbocycles. The fourth-order valence-corrected chi connectivity index (χ4v) is 4.32. The lowest BCUT2D eigenvalue weighted by Gasteiger charge is -2.12. The van der Waals surface area contributed by atoms with Gasteiger partial charge in [0.15, 0.2) is 0 Å². The quantitative estimate of drug-likeness (QED) is 0.562. The second-order valence-electron chi connectivity index (χ2n) is 8.79. The molecule has 2 unspecified atom stereocenters. The standard InChI is InChI=1S/C27H27N3O3/c1-16(2)33-21-9-6-19-15-29-26(23(19)13-21)18-10-11-28-25(12-18)30-27(31)24-14-22(24)17-4-7-20(32-3)8-5-17/h4-13,16,22,24H,14-15H2,1-3H3,(H,28,30,31). The van der Waals surface area contributed by atoms with Gasteiger partial charge in [0, 0.05) is 23.2 Å². The number of hydrogen-bond donors (Lipinski definition) is 1. The summed E-state index contributed by atoms with van der Waals surface area (Å²) in [4.78, 5) is 21.9. The van der Waals surface area contributed by atoms with Gasteiger partial charge in [0.1, 0.15) is 17.3 Å². The summed E-state index contributed by atoms with van der Waals surface area (Å²) in [6.07, 6.45) is 2.67. The molecule has 0 spiro atoms. The molecule has 5 rings (SSSR count). The third-order valence-corrected chi connectivity index (χ3v) is 6.07. The van der Waals surface area contributed by atoms with E-state index in [4.69, 9.17) is 14.5 Å². The van der Waals surface area contributed by atoms with E-state index in [1.165, 1.54) is 5.56 Å². The van der Waals surface area contributed by atoms with Crippen LogP contribution in [0.3, 0.4) is 0 Å². The van der Waals surface area contributed by atoms with Crippen molar-refractivity contribution in [2.75, 3.05) is 12.4 Å². The minimum absolute atomic E-state index is 0.00171. The first kappa shape index (κ1) is 21.2. The third kappa shape index (κ3) is 4.46. The van der Waals surface area contributed by atoms with Gasteiger partial charge in [0.25, 0.3) is 0 Å². The molecule has 1 aromatic heterocycles. The number of rotatable bonds is 7. The zero-order valence-electron chi connectivity index (χ0n) is 19.0. The van der Waals surface area contributed by atoms with E-state index in [0.717, 1.165) is 40.3 Å². The minimum atomic E-state index is -0.0378. The van der Waals surface area contributed by atoms with Crippen molar-refractivity contribution in [3.63, 3.8) is 0 Å². The first-order valence-electron chi connectivity index (χ1n) is 11.3. The van der Waals surface area contributed by atoms with Crippen molar-refractivity contribution in [3.8, 4) is 11.5 Å². The summed E-state index contributed by atoms with van der Waals surface area (Å²) in [5.41, 5.74) is 5.24. The van der Waals surface area contributed by atoms with E-state index in [2.05, 4.69) is 16.4 Å². The smallest absolute Gasteiger partial charge is 0.229 e. The van der Waals surface area contributed by atoms with Crippen molar-refractivity contribution in [1.82, 2.24) is 4.98 Å². The van der Waals surface area contributed by atoms with Crippen LogP contribution in [0.15, 0.2) is 65.8 Å². The van der Waals surface area contributed by atoms with Crippen molar-refractivity contribution in [1.29, 1.82) is 0 Å². The molecule has 3 aromatic rings. The summed E-state index contributed by atoms with van der Waals surface area (Å²) in [5.74, 6) is 2.40. The SMILES string of the molecule is COc1ccc(C2CC2C(=O)Nc2cc(C3=NCc4ccc(OC(C)C)cc43)ccn2)cc1. The van der Waals surface area contributed by atoms with Crippen LogP contribution in [0.4, 0.5) is 5.82 Å². The number of methoxy groups -OCH3 is 1. The zero-order valence-corrected chi connectivity index (χ0v) is 19.0. The van der Waals surface area contributed by atoms with Gasteiger partial charge >= 0.3 is 0 Å². The number of aliphatic imine (C=N–C) groups is 1. The number of aromatic nitrogens is 1. The lowest BCUT2D eigenvalue weighted by Crippen LogP contribution is -2.16. The Labute approximate surface area is 193 Å². The van der Waals surface area contributed by atoms with Crippen LogP contribution in [0.25, 0.3) is 0 Å². The predicted octanol–water partition coefficient (Wildman–Crippen LogP) is 4.97. The number of pyridine rings is 1. The third-order valence-electron chi connectivity index (χ3n) is 6.07. The number of fused-ring (bicyclic) bond motifs is 1. The fourth-order valence-electron chi connectivity index (χ4n) is 4.32. The lowest BCUT2D eigenvalue weighted by molar-refractivity contribution is -0.117. The van der Waals surface area contributed by atoms with Gasteiger partial charge in [-0.1, -0.05) is 18.2 Å². The molecule has 1 N–H and O–H groups in total. The summed E-state index contributed by atoms with van der Waals surface area (Å²) < 4.78 is 11.1. The molecule has 1 fully saturated rings. The van der Waals surface area contributed by atoms with E-state index >= 15 is 0 Å².